The maximum Gasteiger partial charge on any atom is 0.254 e. The van der Waals surface area contributed by atoms with Crippen LogP contribution in [0.3, 0.4) is 0 Å². The molecule has 0 unspecified atom stereocenters. The summed E-state index contributed by atoms with van der Waals surface area (Å²) in [6.07, 6.45) is 1.72. The number of carbonyl (C=O) groups excluding carboxylic acids is 1. The molecule has 20 heavy (non-hydrogen) atoms. The molecule has 4 nitrogen and oxygen atoms in total. The standard InChI is InChI=1S/C15H15N3OS/c1-18(10-13-5-2-3-8-17-13)15(19)12-9-14(20-11-12)6-4-7-16/h2-3,5,8-9,11H,7,10,16H2,1H3. The van der Waals surface area contributed by atoms with Crippen LogP contribution in [0.15, 0.2) is 35.8 Å². The highest BCUT2D eigenvalue weighted by Gasteiger charge is 2.13. The number of hydrogen-bond donors (Lipinski definition) is 1. The van der Waals surface area contributed by atoms with E-state index in [0.29, 0.717) is 18.7 Å². The Labute approximate surface area is 122 Å². The number of carbonyl (C=O) groups is 1. The molecule has 0 saturated carbocycles. The van der Waals surface area contributed by atoms with Crippen LogP contribution >= 0.6 is 11.3 Å². The van der Waals surface area contributed by atoms with Crippen LogP contribution in [0.5, 0.6) is 0 Å². The van der Waals surface area contributed by atoms with Crippen molar-refractivity contribution in [3.05, 3.63) is 52.0 Å². The Kier molecular flexibility index (Phi) is 4.88. The summed E-state index contributed by atoms with van der Waals surface area (Å²) in [5.41, 5.74) is 6.84. The van der Waals surface area contributed by atoms with E-state index in [1.807, 2.05) is 23.6 Å². The largest absolute Gasteiger partial charge is 0.336 e. The minimum atomic E-state index is -0.0345. The lowest BCUT2D eigenvalue weighted by Gasteiger charge is -2.15. The summed E-state index contributed by atoms with van der Waals surface area (Å²) >= 11 is 1.45. The molecule has 102 valence electrons. The fourth-order valence-electron chi connectivity index (χ4n) is 1.68. The van der Waals surface area contributed by atoms with Crippen LogP contribution < -0.4 is 5.73 Å². The normalized spacial score (nSPS) is 9.70. The molecule has 0 spiro atoms. The molecule has 0 saturated heterocycles. The zero-order chi connectivity index (χ0) is 14.4. The van der Waals surface area contributed by atoms with Gasteiger partial charge in [-0.25, -0.2) is 0 Å². The number of hydrogen-bond acceptors (Lipinski definition) is 4. The molecule has 0 aliphatic heterocycles. The molecule has 2 heterocycles. The lowest BCUT2D eigenvalue weighted by Crippen LogP contribution is -2.26. The first-order valence-electron chi connectivity index (χ1n) is 6.13. The molecule has 2 aromatic rings. The van der Waals surface area contributed by atoms with Crippen LogP contribution in [0.4, 0.5) is 0 Å². The maximum atomic E-state index is 12.3. The van der Waals surface area contributed by atoms with E-state index in [0.717, 1.165) is 10.6 Å². The zero-order valence-corrected chi connectivity index (χ0v) is 12.0. The van der Waals surface area contributed by atoms with Crippen molar-refractivity contribution in [2.45, 2.75) is 6.54 Å². The van der Waals surface area contributed by atoms with Crippen LogP contribution in [0.25, 0.3) is 0 Å². The fraction of sp³-hybridized carbons (Fsp3) is 0.200. The quantitative estimate of drug-likeness (QED) is 0.874. The Morgan fingerprint density at radius 3 is 3.05 bits per heavy atom. The maximum absolute atomic E-state index is 12.3. The first-order valence-corrected chi connectivity index (χ1v) is 7.01. The third kappa shape index (κ3) is 3.67. The van der Waals surface area contributed by atoms with Crippen molar-refractivity contribution in [2.24, 2.45) is 5.73 Å². The van der Waals surface area contributed by atoms with Gasteiger partial charge in [0.05, 0.1) is 29.2 Å². The molecule has 5 heteroatoms. The topological polar surface area (TPSA) is 59.2 Å². The molecule has 0 fully saturated rings. The lowest BCUT2D eigenvalue weighted by atomic mass is 10.2. The molecular weight excluding hydrogens is 270 g/mol. The van der Waals surface area contributed by atoms with Gasteiger partial charge in [-0.3, -0.25) is 9.78 Å². The molecule has 2 aromatic heterocycles. The van der Waals surface area contributed by atoms with E-state index in [1.165, 1.54) is 11.3 Å². The minimum absolute atomic E-state index is 0.0345. The number of aromatic nitrogens is 1. The van der Waals surface area contributed by atoms with E-state index in [1.54, 1.807) is 24.2 Å². The average Bonchev–Trinajstić information content (AvgIpc) is 2.94. The highest BCUT2D eigenvalue weighted by atomic mass is 32.1. The van der Waals surface area contributed by atoms with Gasteiger partial charge in [-0.15, -0.1) is 11.3 Å². The Morgan fingerprint density at radius 1 is 1.50 bits per heavy atom. The van der Waals surface area contributed by atoms with Gasteiger partial charge in [0.1, 0.15) is 0 Å². The van der Waals surface area contributed by atoms with Gasteiger partial charge >= 0.3 is 0 Å². The highest BCUT2D eigenvalue weighted by molar-refractivity contribution is 7.10. The molecule has 0 aromatic carbocycles. The van der Waals surface area contributed by atoms with Crippen molar-refractivity contribution in [3.8, 4) is 11.8 Å². The van der Waals surface area contributed by atoms with Gasteiger partial charge in [0.2, 0.25) is 0 Å². The number of thiophene rings is 1. The van der Waals surface area contributed by atoms with Crippen molar-refractivity contribution in [1.82, 2.24) is 9.88 Å². The average molecular weight is 285 g/mol. The Bertz CT molecular complexity index is 640. The SMILES string of the molecule is CN(Cc1ccccn1)C(=O)c1csc(C#CCN)c1. The van der Waals surface area contributed by atoms with Gasteiger partial charge in [0, 0.05) is 18.6 Å². The molecule has 2 rings (SSSR count). The van der Waals surface area contributed by atoms with Gasteiger partial charge in [-0.1, -0.05) is 17.9 Å². The fourth-order valence-corrected chi connectivity index (χ4v) is 2.43. The molecule has 0 bridgehead atoms. The molecule has 0 aliphatic rings. The Balaban J connectivity index is 2.05. The van der Waals surface area contributed by atoms with Crippen molar-refractivity contribution in [2.75, 3.05) is 13.6 Å². The van der Waals surface area contributed by atoms with E-state index >= 15 is 0 Å². The zero-order valence-electron chi connectivity index (χ0n) is 11.2. The van der Waals surface area contributed by atoms with Gasteiger partial charge in [-0.2, -0.15) is 0 Å². The van der Waals surface area contributed by atoms with E-state index in [-0.39, 0.29) is 5.91 Å². The molecule has 0 atom stereocenters. The molecule has 0 radical (unpaired) electrons. The lowest BCUT2D eigenvalue weighted by molar-refractivity contribution is 0.0784. The molecule has 2 N–H and O–H groups in total. The Hall–Kier alpha value is -2.16. The van der Waals surface area contributed by atoms with Gasteiger partial charge in [-0.05, 0) is 18.2 Å². The van der Waals surface area contributed by atoms with Crippen LogP contribution in [0.1, 0.15) is 20.9 Å². The number of amides is 1. The monoisotopic (exact) mass is 285 g/mol. The van der Waals surface area contributed by atoms with Gasteiger partial charge < -0.3 is 10.6 Å². The number of pyridine rings is 1. The van der Waals surface area contributed by atoms with Crippen molar-refractivity contribution < 1.29 is 4.79 Å². The molecular formula is C15H15N3OS. The smallest absolute Gasteiger partial charge is 0.254 e. The predicted molar refractivity (Wildman–Crippen MR) is 80.3 cm³/mol. The second-order valence-corrected chi connectivity index (χ2v) is 5.10. The summed E-state index contributed by atoms with van der Waals surface area (Å²) in [5, 5.41) is 1.82. The van der Waals surface area contributed by atoms with Gasteiger partial charge in [0.15, 0.2) is 0 Å². The van der Waals surface area contributed by atoms with Gasteiger partial charge in [0.25, 0.3) is 5.91 Å². The van der Waals surface area contributed by atoms with E-state index in [2.05, 4.69) is 16.8 Å². The number of nitrogens with zero attached hydrogens (tertiary/aromatic N) is 2. The van der Waals surface area contributed by atoms with Crippen LogP contribution in [0.2, 0.25) is 0 Å². The summed E-state index contributed by atoms with van der Waals surface area (Å²) < 4.78 is 0. The number of rotatable bonds is 3. The highest BCUT2D eigenvalue weighted by Crippen LogP contribution is 2.15. The number of nitrogens with two attached hydrogens (primary N) is 1. The second kappa shape index (κ2) is 6.85. The first-order chi connectivity index (χ1) is 9.70. The van der Waals surface area contributed by atoms with Crippen LogP contribution in [0, 0.1) is 11.8 Å². The van der Waals surface area contributed by atoms with Crippen molar-refractivity contribution in [1.29, 1.82) is 0 Å². The summed E-state index contributed by atoms with van der Waals surface area (Å²) in [6.45, 7) is 0.806. The third-order valence-electron chi connectivity index (χ3n) is 2.63. The summed E-state index contributed by atoms with van der Waals surface area (Å²) in [7, 11) is 1.76. The molecule has 0 aliphatic carbocycles. The Morgan fingerprint density at radius 2 is 2.35 bits per heavy atom. The summed E-state index contributed by atoms with van der Waals surface area (Å²) in [5.74, 6) is 5.67. The van der Waals surface area contributed by atoms with Crippen molar-refractivity contribution >= 4 is 17.2 Å². The second-order valence-electron chi connectivity index (χ2n) is 4.19. The minimum Gasteiger partial charge on any atom is -0.336 e. The van der Waals surface area contributed by atoms with Crippen LogP contribution in [-0.4, -0.2) is 29.4 Å². The predicted octanol–water partition coefficient (Wildman–Crippen LogP) is 1.73. The van der Waals surface area contributed by atoms with E-state index in [4.69, 9.17) is 5.73 Å². The van der Waals surface area contributed by atoms with E-state index < -0.39 is 0 Å². The molecule has 1 amide bonds. The third-order valence-corrected chi connectivity index (χ3v) is 3.48. The van der Waals surface area contributed by atoms with Crippen molar-refractivity contribution in [3.63, 3.8) is 0 Å². The van der Waals surface area contributed by atoms with E-state index in [9.17, 15) is 4.79 Å². The summed E-state index contributed by atoms with van der Waals surface area (Å²) in [6, 6.07) is 7.46. The summed E-state index contributed by atoms with van der Waals surface area (Å²) in [4.78, 5) is 19.0. The van der Waals surface area contributed by atoms with Crippen LogP contribution in [-0.2, 0) is 6.54 Å². The first kappa shape index (κ1) is 14.3.